The van der Waals surface area contributed by atoms with E-state index in [1.807, 2.05) is 5.48 Å². The lowest BCUT2D eigenvalue weighted by Crippen LogP contribution is -2.38. The second kappa shape index (κ2) is 36.5. The highest BCUT2D eigenvalue weighted by molar-refractivity contribution is 6.66. The van der Waals surface area contributed by atoms with E-state index >= 15 is 0 Å². The average Bonchev–Trinajstić information content (AvgIpc) is 3.12. The monoisotopic (exact) mass is 707 g/mol. The molecule has 10 nitrogen and oxygen atoms in total. The number of nitrogens with two attached hydrogens (primary N) is 1. The number of carbonyl (C=O) groups is 2. The van der Waals surface area contributed by atoms with Crippen LogP contribution >= 0.6 is 0 Å². The zero-order valence-corrected chi connectivity index (χ0v) is 32.7. The summed E-state index contributed by atoms with van der Waals surface area (Å²) in [6.45, 7) is 7.91. The van der Waals surface area contributed by atoms with Crippen molar-refractivity contribution >= 4 is 29.6 Å². The maximum Gasteiger partial charge on any atom is 0.306 e. The Kier molecular flexibility index (Phi) is 34.8. The molecule has 0 saturated carbocycles. The molecule has 0 unspecified atom stereocenters. The highest BCUT2D eigenvalue weighted by atomic mass is 16.5. The van der Waals surface area contributed by atoms with Crippen molar-refractivity contribution in [3.63, 3.8) is 0 Å². The molecule has 0 aliphatic heterocycles. The molecule has 0 radical (unpaired) electrons. The third-order valence-electron chi connectivity index (χ3n) is 9.45. The van der Waals surface area contributed by atoms with E-state index < -0.39 is 0 Å². The van der Waals surface area contributed by atoms with E-state index in [4.69, 9.17) is 15.9 Å². The molecule has 0 aromatic heterocycles. The smallest absolute Gasteiger partial charge is 0.306 e. The van der Waals surface area contributed by atoms with E-state index in [0.29, 0.717) is 19.4 Å². The van der Waals surface area contributed by atoms with Gasteiger partial charge in [-0.3, -0.25) is 30.9 Å². The Balaban J connectivity index is 4.57. The number of nitrogens with zero attached hydrogens (tertiary/aromatic N) is 3. The predicted molar refractivity (Wildman–Crippen MR) is 211 cm³/mol. The number of amidine groups is 2. The minimum atomic E-state index is -0.115. The van der Waals surface area contributed by atoms with Gasteiger partial charge < -0.3 is 20.2 Å². The Morgan fingerprint density at radius 1 is 0.760 bits per heavy atom. The lowest BCUT2D eigenvalue weighted by atomic mass is 10.0. The summed E-state index contributed by atoms with van der Waals surface area (Å²) >= 11 is 0. The molecule has 10 heteroatoms. The van der Waals surface area contributed by atoms with Gasteiger partial charge in [-0.15, -0.1) is 0 Å². The molecule has 0 spiro atoms. The fourth-order valence-corrected chi connectivity index (χ4v) is 6.26. The number of esters is 1. The zero-order valence-electron chi connectivity index (χ0n) is 32.7. The molecule has 0 aromatic carbocycles. The van der Waals surface area contributed by atoms with Crippen molar-refractivity contribution < 1.29 is 19.5 Å². The van der Waals surface area contributed by atoms with Crippen LogP contribution in [0, 0.1) is 5.41 Å². The Bertz CT molecular complexity index is 866. The van der Waals surface area contributed by atoms with Crippen LogP contribution in [0.25, 0.3) is 0 Å². The first-order valence-electron chi connectivity index (χ1n) is 20.5. The number of nitrogens with one attached hydrogen (secondary N) is 2. The largest absolute Gasteiger partial charge is 0.462 e. The van der Waals surface area contributed by atoms with Gasteiger partial charge in [0.2, 0.25) is 0 Å². The number of hydroxylamine groups is 1. The van der Waals surface area contributed by atoms with Crippen molar-refractivity contribution in [3.8, 4) is 0 Å². The standard InChI is InChI=1S/C40H78N6O4/c1-4-6-8-10-15-21-28-36(29-22-16-11-9-7-5-2)50-37(48)30-23-17-14-19-25-33-46(32-24-18-12-13-20-26-35-47)34-27-31-44-40(45-49)38(41)39(42)43-3/h35-36,41,49H,4-34H2,1-3H3,(H2,42,43)(H,44,45). The van der Waals surface area contributed by atoms with E-state index in [9.17, 15) is 14.8 Å². The lowest BCUT2D eigenvalue weighted by molar-refractivity contribution is -0.150. The summed E-state index contributed by atoms with van der Waals surface area (Å²) in [5, 5.41) is 17.4. The molecule has 0 aromatic rings. The van der Waals surface area contributed by atoms with Gasteiger partial charge in [-0.05, 0) is 77.4 Å². The zero-order chi connectivity index (χ0) is 36.9. The number of rotatable bonds is 37. The minimum absolute atomic E-state index is 0.00804. The number of ether oxygens (including phenoxy) is 1. The van der Waals surface area contributed by atoms with E-state index in [-0.39, 0.29) is 29.5 Å². The third kappa shape index (κ3) is 29.4. The molecule has 0 rings (SSSR count). The third-order valence-corrected chi connectivity index (χ3v) is 9.45. The molecule has 0 fully saturated rings. The highest BCUT2D eigenvalue weighted by Gasteiger charge is 2.15. The minimum Gasteiger partial charge on any atom is -0.462 e. The molecule has 292 valence electrons. The topological polar surface area (TPSA) is 153 Å². The summed E-state index contributed by atoms with van der Waals surface area (Å²) in [6, 6.07) is 0. The normalized spacial score (nSPS) is 12.2. The van der Waals surface area contributed by atoms with Crippen LogP contribution in [0.2, 0.25) is 0 Å². The number of unbranched alkanes of at least 4 members (excludes halogenated alkanes) is 19. The Morgan fingerprint density at radius 2 is 1.24 bits per heavy atom. The van der Waals surface area contributed by atoms with Gasteiger partial charge in [-0.25, -0.2) is 0 Å². The molecular formula is C40H78N6O4. The number of carbonyl (C=O) groups excluding carboxylic acids is 2. The highest BCUT2D eigenvalue weighted by Crippen LogP contribution is 2.18. The first kappa shape index (κ1) is 47.7. The summed E-state index contributed by atoms with van der Waals surface area (Å²) in [4.78, 5) is 33.9. The molecule has 0 saturated heterocycles. The van der Waals surface area contributed by atoms with Gasteiger partial charge in [0.25, 0.3) is 0 Å². The first-order chi connectivity index (χ1) is 24.4. The van der Waals surface area contributed by atoms with Crippen LogP contribution in [0.3, 0.4) is 0 Å². The van der Waals surface area contributed by atoms with Gasteiger partial charge >= 0.3 is 5.97 Å². The van der Waals surface area contributed by atoms with Crippen LogP contribution in [0.15, 0.2) is 9.98 Å². The molecule has 0 heterocycles. The summed E-state index contributed by atoms with van der Waals surface area (Å²) < 4.78 is 6.03. The van der Waals surface area contributed by atoms with Crippen molar-refractivity contribution in [2.75, 3.05) is 33.2 Å². The first-order valence-corrected chi connectivity index (χ1v) is 20.5. The van der Waals surface area contributed by atoms with Crippen LogP contribution in [0.4, 0.5) is 0 Å². The Labute approximate surface area is 306 Å². The van der Waals surface area contributed by atoms with Crippen LogP contribution < -0.4 is 11.2 Å². The van der Waals surface area contributed by atoms with Crippen molar-refractivity contribution in [3.05, 3.63) is 0 Å². The Hall–Kier alpha value is -2.33. The fourth-order valence-electron chi connectivity index (χ4n) is 6.26. The lowest BCUT2D eigenvalue weighted by Gasteiger charge is -2.22. The van der Waals surface area contributed by atoms with Crippen molar-refractivity contribution in [1.82, 2.24) is 10.4 Å². The van der Waals surface area contributed by atoms with E-state index in [1.54, 1.807) is 0 Å². The second-order valence-corrected chi connectivity index (χ2v) is 14.0. The second-order valence-electron chi connectivity index (χ2n) is 14.0. The maximum absolute atomic E-state index is 12.8. The van der Waals surface area contributed by atoms with Crippen LogP contribution in [-0.2, 0) is 14.3 Å². The van der Waals surface area contributed by atoms with Crippen LogP contribution in [0.5, 0.6) is 0 Å². The SMILES string of the molecule is CCCCCCCCC(CCCCCCCC)OC(=O)CCCCCCCN(CCCCCCCC=O)CCCN=C(NO)C(=N)C(N)=NC. The predicted octanol–water partition coefficient (Wildman–Crippen LogP) is 9.36. The van der Waals surface area contributed by atoms with Crippen molar-refractivity contribution in [2.24, 2.45) is 15.7 Å². The van der Waals surface area contributed by atoms with Crippen LogP contribution in [0.1, 0.15) is 187 Å². The molecule has 0 bridgehead atoms. The van der Waals surface area contributed by atoms with Gasteiger partial charge in [-0.2, -0.15) is 0 Å². The average molecular weight is 707 g/mol. The van der Waals surface area contributed by atoms with Gasteiger partial charge in [0.1, 0.15) is 23.9 Å². The van der Waals surface area contributed by atoms with Crippen LogP contribution in [-0.4, -0.2) is 79.1 Å². The molecular weight excluding hydrogens is 628 g/mol. The fraction of sp³-hybridized carbons (Fsp3) is 0.875. The van der Waals surface area contributed by atoms with Crippen molar-refractivity contribution in [1.29, 1.82) is 5.41 Å². The van der Waals surface area contributed by atoms with Gasteiger partial charge in [0.05, 0.1) is 0 Å². The summed E-state index contributed by atoms with van der Waals surface area (Å²) in [7, 11) is 1.50. The molecule has 0 aliphatic carbocycles. The summed E-state index contributed by atoms with van der Waals surface area (Å²) in [5.41, 5.74) is 7.55. The van der Waals surface area contributed by atoms with E-state index in [1.165, 1.54) is 71.3 Å². The van der Waals surface area contributed by atoms with E-state index in [2.05, 4.69) is 28.7 Å². The molecule has 0 atom stereocenters. The van der Waals surface area contributed by atoms with Gasteiger partial charge in [0, 0.05) is 26.4 Å². The molecule has 50 heavy (non-hydrogen) atoms. The number of hydrogen-bond donors (Lipinski definition) is 4. The Morgan fingerprint density at radius 3 is 1.76 bits per heavy atom. The maximum atomic E-state index is 12.8. The summed E-state index contributed by atoms with van der Waals surface area (Å²) in [6.07, 6.45) is 31.2. The molecule has 0 aliphatic rings. The number of hydrogen-bond acceptors (Lipinski definition) is 8. The number of aldehydes is 1. The van der Waals surface area contributed by atoms with Gasteiger partial charge in [0.15, 0.2) is 5.84 Å². The summed E-state index contributed by atoms with van der Waals surface area (Å²) in [5.74, 6) is 0.0458. The van der Waals surface area contributed by atoms with Crippen molar-refractivity contribution in [2.45, 2.75) is 193 Å². The number of aliphatic imine (C=N–C) groups is 2. The molecule has 5 N–H and O–H groups in total. The van der Waals surface area contributed by atoms with Gasteiger partial charge in [-0.1, -0.05) is 117 Å². The van der Waals surface area contributed by atoms with E-state index in [0.717, 1.165) is 122 Å². The quantitative estimate of drug-likeness (QED) is 0.0125. The molecule has 0 amide bonds.